The molecule has 0 aliphatic heterocycles. The van der Waals surface area contributed by atoms with Crippen LogP contribution in [-0.4, -0.2) is 39.2 Å². The predicted molar refractivity (Wildman–Crippen MR) is 130 cm³/mol. The van der Waals surface area contributed by atoms with Gasteiger partial charge in [-0.15, -0.1) is 0 Å². The van der Waals surface area contributed by atoms with Gasteiger partial charge < -0.3 is 10.1 Å². The van der Waals surface area contributed by atoms with Crippen LogP contribution in [0.5, 0.6) is 0 Å². The average Bonchev–Trinajstić information content (AvgIpc) is 2.86. The van der Waals surface area contributed by atoms with Gasteiger partial charge in [0.15, 0.2) is 6.10 Å². The van der Waals surface area contributed by atoms with Crippen molar-refractivity contribution in [1.82, 2.24) is 10.0 Å². The van der Waals surface area contributed by atoms with E-state index in [1.54, 1.807) is 66.7 Å². The van der Waals surface area contributed by atoms with Crippen LogP contribution in [-0.2, 0) is 24.3 Å². The molecule has 3 aromatic rings. The van der Waals surface area contributed by atoms with Crippen molar-refractivity contribution in [3.63, 3.8) is 0 Å². The molecule has 8 nitrogen and oxygen atoms in total. The monoisotopic (exact) mass is 514 g/mol. The average molecular weight is 515 g/mol. The van der Waals surface area contributed by atoms with Crippen LogP contribution in [0.2, 0.25) is 5.02 Å². The normalized spacial score (nSPS) is 11.9. The minimum atomic E-state index is -3.89. The van der Waals surface area contributed by atoms with Crippen molar-refractivity contribution in [2.45, 2.75) is 17.9 Å². The van der Waals surface area contributed by atoms with E-state index in [1.807, 2.05) is 6.92 Å². The van der Waals surface area contributed by atoms with Crippen LogP contribution in [0.15, 0.2) is 83.8 Å². The number of amides is 1. The molecule has 1 atom stereocenters. The molecule has 0 radical (unpaired) electrons. The van der Waals surface area contributed by atoms with E-state index < -0.39 is 46.9 Å². The number of esters is 1. The largest absolute Gasteiger partial charge is 0.448 e. The van der Waals surface area contributed by atoms with Crippen LogP contribution in [0.3, 0.4) is 0 Å². The third kappa shape index (κ3) is 7.48. The molecule has 0 bridgehead atoms. The SMILES string of the molecule is Cc1ccc(S(=O)(=O)NCC(=O)NCC(=O)OC(C(=O)c2ccccc2)c2ccc(Cl)cc2)cc1. The lowest BCUT2D eigenvalue weighted by Gasteiger charge is -2.18. The molecule has 0 spiro atoms. The Bertz CT molecular complexity index is 1290. The summed E-state index contributed by atoms with van der Waals surface area (Å²) in [6.07, 6.45) is -1.25. The second-order valence-corrected chi connectivity index (χ2v) is 9.77. The maximum Gasteiger partial charge on any atom is 0.326 e. The van der Waals surface area contributed by atoms with Gasteiger partial charge in [-0.25, -0.2) is 13.1 Å². The third-order valence-corrected chi connectivity index (χ3v) is 6.57. The Morgan fingerprint density at radius 2 is 1.51 bits per heavy atom. The second kappa shape index (κ2) is 11.7. The Labute approximate surface area is 208 Å². The number of hydrogen-bond acceptors (Lipinski definition) is 6. The Morgan fingerprint density at radius 1 is 0.886 bits per heavy atom. The summed E-state index contributed by atoms with van der Waals surface area (Å²) in [5, 5.41) is 2.74. The zero-order chi connectivity index (χ0) is 25.4. The van der Waals surface area contributed by atoms with Gasteiger partial charge in [0.25, 0.3) is 0 Å². The van der Waals surface area contributed by atoms with Gasteiger partial charge in [0.2, 0.25) is 21.7 Å². The van der Waals surface area contributed by atoms with E-state index in [0.29, 0.717) is 16.1 Å². The highest BCUT2D eigenvalue weighted by Gasteiger charge is 2.26. The number of nitrogens with one attached hydrogen (secondary N) is 2. The van der Waals surface area contributed by atoms with Crippen LogP contribution in [0.4, 0.5) is 0 Å². The van der Waals surface area contributed by atoms with E-state index >= 15 is 0 Å². The minimum Gasteiger partial charge on any atom is -0.448 e. The van der Waals surface area contributed by atoms with E-state index in [4.69, 9.17) is 16.3 Å². The third-order valence-electron chi connectivity index (χ3n) is 4.90. The molecular formula is C25H23ClN2O6S. The first-order valence-corrected chi connectivity index (χ1v) is 12.4. The number of halogens is 1. The maximum absolute atomic E-state index is 13.0. The van der Waals surface area contributed by atoms with E-state index in [2.05, 4.69) is 10.0 Å². The predicted octanol–water partition coefficient (Wildman–Crippen LogP) is 3.21. The number of ketones is 1. The summed E-state index contributed by atoms with van der Waals surface area (Å²) < 4.78 is 32.1. The molecule has 0 aliphatic rings. The number of rotatable bonds is 10. The lowest BCUT2D eigenvalue weighted by Crippen LogP contribution is -2.39. The Hall–Kier alpha value is -3.53. The summed E-state index contributed by atoms with van der Waals surface area (Å²) in [7, 11) is -3.89. The zero-order valence-corrected chi connectivity index (χ0v) is 20.3. The molecule has 0 fully saturated rings. The summed E-state index contributed by atoms with van der Waals surface area (Å²) in [6, 6.07) is 20.7. The number of hydrogen-bond donors (Lipinski definition) is 2. The van der Waals surface area contributed by atoms with Crippen molar-refractivity contribution in [3.8, 4) is 0 Å². The van der Waals surface area contributed by atoms with Crippen LogP contribution < -0.4 is 10.0 Å². The lowest BCUT2D eigenvalue weighted by molar-refractivity contribution is -0.147. The number of benzene rings is 3. The van der Waals surface area contributed by atoms with Crippen LogP contribution in [0.25, 0.3) is 0 Å². The van der Waals surface area contributed by atoms with Gasteiger partial charge in [0, 0.05) is 16.1 Å². The van der Waals surface area contributed by atoms with Gasteiger partial charge >= 0.3 is 5.97 Å². The van der Waals surface area contributed by atoms with Crippen molar-refractivity contribution in [2.75, 3.05) is 13.1 Å². The Morgan fingerprint density at radius 3 is 2.14 bits per heavy atom. The van der Waals surface area contributed by atoms with E-state index in [1.165, 1.54) is 12.1 Å². The van der Waals surface area contributed by atoms with Crippen molar-refractivity contribution >= 4 is 39.3 Å². The Kier molecular flexibility index (Phi) is 8.75. The van der Waals surface area contributed by atoms with Gasteiger partial charge in [-0.05, 0) is 31.2 Å². The molecule has 3 aromatic carbocycles. The van der Waals surface area contributed by atoms with Crippen molar-refractivity contribution in [1.29, 1.82) is 0 Å². The van der Waals surface area contributed by atoms with Crippen molar-refractivity contribution in [3.05, 3.63) is 101 Å². The van der Waals surface area contributed by atoms with Gasteiger partial charge in [-0.2, -0.15) is 0 Å². The lowest BCUT2D eigenvalue weighted by atomic mass is 10.00. The number of Topliss-reactive ketones (excluding diaryl/α,β-unsaturated/α-hetero) is 1. The Balaban J connectivity index is 1.60. The number of carbonyl (C=O) groups is 3. The number of carbonyl (C=O) groups excluding carboxylic acids is 3. The molecule has 1 unspecified atom stereocenters. The van der Waals surface area contributed by atoms with E-state index in [0.717, 1.165) is 5.56 Å². The first-order valence-electron chi connectivity index (χ1n) is 10.5. The van der Waals surface area contributed by atoms with Gasteiger partial charge in [-0.1, -0.05) is 71.8 Å². The number of ether oxygens (including phenoxy) is 1. The highest BCUT2D eigenvalue weighted by atomic mass is 35.5. The van der Waals surface area contributed by atoms with Gasteiger partial charge in [0.1, 0.15) is 6.54 Å². The highest BCUT2D eigenvalue weighted by molar-refractivity contribution is 7.89. The molecule has 10 heteroatoms. The molecule has 0 aliphatic carbocycles. The molecule has 0 saturated heterocycles. The molecule has 1 amide bonds. The van der Waals surface area contributed by atoms with Gasteiger partial charge in [-0.3, -0.25) is 14.4 Å². The smallest absolute Gasteiger partial charge is 0.326 e. The summed E-state index contributed by atoms with van der Waals surface area (Å²) in [5.41, 5.74) is 1.64. The van der Waals surface area contributed by atoms with E-state index in [-0.39, 0.29) is 4.90 Å². The zero-order valence-electron chi connectivity index (χ0n) is 18.7. The number of sulfonamides is 1. The molecule has 0 aromatic heterocycles. The highest BCUT2D eigenvalue weighted by Crippen LogP contribution is 2.24. The fourth-order valence-electron chi connectivity index (χ4n) is 3.03. The fourth-order valence-corrected chi connectivity index (χ4v) is 4.14. The molecule has 35 heavy (non-hydrogen) atoms. The standard InChI is InChI=1S/C25H23ClN2O6S/c1-17-7-13-21(14-8-17)35(32,33)28-15-22(29)27-16-23(30)34-25(19-9-11-20(26)12-10-19)24(31)18-5-3-2-4-6-18/h2-14,25,28H,15-16H2,1H3,(H,27,29). The first-order chi connectivity index (χ1) is 16.7. The summed E-state index contributed by atoms with van der Waals surface area (Å²) in [5.74, 6) is -2.06. The van der Waals surface area contributed by atoms with Crippen LogP contribution in [0, 0.1) is 6.92 Å². The maximum atomic E-state index is 13.0. The molecule has 0 heterocycles. The summed E-state index contributed by atoms with van der Waals surface area (Å²) >= 11 is 5.92. The van der Waals surface area contributed by atoms with Crippen LogP contribution in [0.1, 0.15) is 27.6 Å². The first kappa shape index (κ1) is 26.1. The molecule has 182 valence electrons. The van der Waals surface area contributed by atoms with Crippen molar-refractivity contribution in [2.24, 2.45) is 0 Å². The fraction of sp³-hybridized carbons (Fsp3) is 0.160. The molecule has 2 N–H and O–H groups in total. The van der Waals surface area contributed by atoms with E-state index in [9.17, 15) is 22.8 Å². The van der Waals surface area contributed by atoms with Gasteiger partial charge in [0.05, 0.1) is 11.4 Å². The summed E-state index contributed by atoms with van der Waals surface area (Å²) in [4.78, 5) is 37.5. The quantitative estimate of drug-likeness (QED) is 0.317. The van der Waals surface area contributed by atoms with Crippen LogP contribution >= 0.6 is 11.6 Å². The molecule has 0 saturated carbocycles. The topological polar surface area (TPSA) is 119 Å². The molecular weight excluding hydrogens is 492 g/mol. The summed E-state index contributed by atoms with van der Waals surface area (Å²) in [6.45, 7) is 0.686. The second-order valence-electron chi connectivity index (χ2n) is 7.57. The number of aryl methyl sites for hydroxylation is 1. The minimum absolute atomic E-state index is 0.0144. The van der Waals surface area contributed by atoms with Crippen molar-refractivity contribution < 1.29 is 27.5 Å². The molecule has 3 rings (SSSR count).